The molecule has 2 aromatic rings. The maximum Gasteiger partial charge on any atom is 0.238 e. The third-order valence-corrected chi connectivity index (χ3v) is 3.48. The molecule has 0 saturated heterocycles. The average molecular weight is 299 g/mol. The number of anilines is 3. The molecule has 0 aromatic heterocycles. The highest BCUT2D eigenvalue weighted by molar-refractivity contribution is 7.89. The molecule has 106 valence electrons. The zero-order valence-corrected chi connectivity index (χ0v) is 10.9. The first kappa shape index (κ1) is 14.2. The summed E-state index contributed by atoms with van der Waals surface area (Å²) in [5.74, 6) is -1.58. The molecule has 0 aliphatic heterocycles. The Labute approximate surface area is 114 Å². The number of nitrogens with two attached hydrogens (primary N) is 2. The van der Waals surface area contributed by atoms with E-state index in [1.54, 1.807) is 0 Å². The number of nitrogens with one attached hydrogen (secondary N) is 1. The fourth-order valence-corrected chi connectivity index (χ4v) is 2.13. The summed E-state index contributed by atoms with van der Waals surface area (Å²) in [6, 6.07) is 6.97. The van der Waals surface area contributed by atoms with Gasteiger partial charge in [-0.2, -0.15) is 0 Å². The van der Waals surface area contributed by atoms with Gasteiger partial charge in [-0.3, -0.25) is 0 Å². The number of rotatable bonds is 3. The molecule has 0 heterocycles. The summed E-state index contributed by atoms with van der Waals surface area (Å²) in [6.07, 6.45) is 0. The van der Waals surface area contributed by atoms with Crippen molar-refractivity contribution in [2.24, 2.45) is 5.14 Å². The molecule has 0 saturated carbocycles. The lowest BCUT2D eigenvalue weighted by Crippen LogP contribution is -2.12. The predicted molar refractivity (Wildman–Crippen MR) is 71.9 cm³/mol. The van der Waals surface area contributed by atoms with E-state index in [0.717, 1.165) is 18.2 Å². The van der Waals surface area contributed by atoms with Gasteiger partial charge < -0.3 is 11.1 Å². The van der Waals surface area contributed by atoms with Crippen LogP contribution in [-0.2, 0) is 10.0 Å². The van der Waals surface area contributed by atoms with Gasteiger partial charge in [-0.1, -0.05) is 6.07 Å². The molecule has 0 unspecified atom stereocenters. The van der Waals surface area contributed by atoms with Crippen LogP contribution in [0.5, 0.6) is 0 Å². The Kier molecular flexibility index (Phi) is 3.60. The minimum absolute atomic E-state index is 0.000761. The molecule has 0 amide bonds. The van der Waals surface area contributed by atoms with E-state index in [0.29, 0.717) is 0 Å². The molecular formula is C12H11F2N3O2S. The van der Waals surface area contributed by atoms with Gasteiger partial charge in [-0.05, 0) is 30.3 Å². The number of hydrogen-bond donors (Lipinski definition) is 3. The van der Waals surface area contributed by atoms with E-state index in [1.165, 1.54) is 18.2 Å². The topological polar surface area (TPSA) is 98.2 Å². The summed E-state index contributed by atoms with van der Waals surface area (Å²) in [7, 11) is -3.89. The molecular weight excluding hydrogens is 288 g/mol. The van der Waals surface area contributed by atoms with Crippen LogP contribution in [0.3, 0.4) is 0 Å². The van der Waals surface area contributed by atoms with E-state index in [9.17, 15) is 17.2 Å². The SMILES string of the molecule is Nc1cc(S(N)(=O)=O)ccc1Nc1c(F)cccc1F. The van der Waals surface area contributed by atoms with Gasteiger partial charge in [0.15, 0.2) is 0 Å². The smallest absolute Gasteiger partial charge is 0.238 e. The van der Waals surface area contributed by atoms with Crippen LogP contribution in [0.15, 0.2) is 41.3 Å². The Morgan fingerprint density at radius 3 is 2.15 bits per heavy atom. The highest BCUT2D eigenvalue weighted by Gasteiger charge is 2.13. The molecule has 0 fully saturated rings. The van der Waals surface area contributed by atoms with E-state index in [2.05, 4.69) is 5.32 Å². The zero-order chi connectivity index (χ0) is 14.9. The van der Waals surface area contributed by atoms with Gasteiger partial charge in [-0.25, -0.2) is 22.3 Å². The summed E-state index contributed by atoms with van der Waals surface area (Å²) in [4.78, 5) is -0.186. The Balaban J connectivity index is 2.41. The second kappa shape index (κ2) is 5.06. The van der Waals surface area contributed by atoms with Gasteiger partial charge >= 0.3 is 0 Å². The molecule has 0 aliphatic carbocycles. The Morgan fingerprint density at radius 1 is 1.05 bits per heavy atom. The van der Waals surface area contributed by atoms with Crippen LogP contribution in [0.4, 0.5) is 25.8 Å². The molecule has 0 atom stereocenters. The van der Waals surface area contributed by atoms with E-state index in [4.69, 9.17) is 10.9 Å². The Hall–Kier alpha value is -2.19. The summed E-state index contributed by atoms with van der Waals surface area (Å²) in [6.45, 7) is 0. The number of para-hydroxylation sites is 1. The van der Waals surface area contributed by atoms with Crippen molar-refractivity contribution in [1.29, 1.82) is 0 Å². The molecule has 5 nitrogen and oxygen atoms in total. The van der Waals surface area contributed by atoms with Crippen molar-refractivity contribution in [3.63, 3.8) is 0 Å². The molecule has 0 aliphatic rings. The van der Waals surface area contributed by atoms with Crippen molar-refractivity contribution in [3.05, 3.63) is 48.0 Å². The molecule has 2 aromatic carbocycles. The number of primary sulfonamides is 1. The summed E-state index contributed by atoms with van der Waals surface area (Å²) in [5.41, 5.74) is 5.43. The van der Waals surface area contributed by atoms with Crippen molar-refractivity contribution in [2.75, 3.05) is 11.1 Å². The number of benzene rings is 2. The average Bonchev–Trinajstić information content (AvgIpc) is 2.34. The van der Waals surface area contributed by atoms with E-state index >= 15 is 0 Å². The second-order valence-corrected chi connectivity index (χ2v) is 5.58. The monoisotopic (exact) mass is 299 g/mol. The normalized spacial score (nSPS) is 11.3. The molecule has 2 rings (SSSR count). The molecule has 0 spiro atoms. The van der Waals surface area contributed by atoms with Crippen molar-refractivity contribution in [1.82, 2.24) is 0 Å². The first-order valence-corrected chi connectivity index (χ1v) is 6.97. The minimum atomic E-state index is -3.89. The largest absolute Gasteiger partial charge is 0.397 e. The van der Waals surface area contributed by atoms with Crippen LogP contribution in [0.2, 0.25) is 0 Å². The van der Waals surface area contributed by atoms with Gasteiger partial charge in [-0.15, -0.1) is 0 Å². The Morgan fingerprint density at radius 2 is 1.65 bits per heavy atom. The molecule has 0 radical (unpaired) electrons. The highest BCUT2D eigenvalue weighted by atomic mass is 32.2. The standard InChI is InChI=1S/C12H11F2N3O2S/c13-8-2-1-3-9(14)12(8)17-11-5-4-7(6-10(11)15)20(16,18)19/h1-6,17H,15H2,(H2,16,18,19). The van der Waals surface area contributed by atoms with Crippen molar-refractivity contribution < 1.29 is 17.2 Å². The second-order valence-electron chi connectivity index (χ2n) is 4.02. The first-order chi connectivity index (χ1) is 9.29. The maximum atomic E-state index is 13.5. The van der Waals surface area contributed by atoms with Crippen LogP contribution in [0, 0.1) is 11.6 Å². The lowest BCUT2D eigenvalue weighted by Gasteiger charge is -2.11. The highest BCUT2D eigenvalue weighted by Crippen LogP contribution is 2.28. The van der Waals surface area contributed by atoms with Crippen molar-refractivity contribution in [3.8, 4) is 0 Å². The fourth-order valence-electron chi connectivity index (χ4n) is 1.58. The number of hydrogen-bond acceptors (Lipinski definition) is 4. The predicted octanol–water partition coefficient (Wildman–Crippen LogP) is 1.94. The quantitative estimate of drug-likeness (QED) is 0.754. The van der Waals surface area contributed by atoms with E-state index in [-0.39, 0.29) is 22.0 Å². The Bertz CT molecular complexity index is 743. The third kappa shape index (κ3) is 2.86. The number of sulfonamides is 1. The van der Waals surface area contributed by atoms with Gasteiger partial charge in [0.2, 0.25) is 10.0 Å². The first-order valence-electron chi connectivity index (χ1n) is 5.42. The number of halogens is 2. The van der Waals surface area contributed by atoms with Crippen LogP contribution < -0.4 is 16.2 Å². The lowest BCUT2D eigenvalue weighted by molar-refractivity contribution is 0.590. The third-order valence-electron chi connectivity index (χ3n) is 2.57. The van der Waals surface area contributed by atoms with Crippen molar-refractivity contribution in [2.45, 2.75) is 4.90 Å². The number of nitrogen functional groups attached to an aromatic ring is 1. The zero-order valence-electron chi connectivity index (χ0n) is 10.1. The summed E-state index contributed by atoms with van der Waals surface area (Å²) in [5, 5.41) is 7.43. The van der Waals surface area contributed by atoms with Gasteiger partial charge in [0.05, 0.1) is 16.3 Å². The molecule has 5 N–H and O–H groups in total. The van der Waals surface area contributed by atoms with Crippen LogP contribution in [0.25, 0.3) is 0 Å². The van der Waals surface area contributed by atoms with Crippen LogP contribution >= 0.6 is 0 Å². The lowest BCUT2D eigenvalue weighted by atomic mass is 10.2. The van der Waals surface area contributed by atoms with Crippen molar-refractivity contribution >= 4 is 27.1 Å². The maximum absolute atomic E-state index is 13.5. The van der Waals surface area contributed by atoms with Gasteiger partial charge in [0, 0.05) is 0 Å². The van der Waals surface area contributed by atoms with Crippen LogP contribution in [0.1, 0.15) is 0 Å². The molecule has 8 heteroatoms. The summed E-state index contributed by atoms with van der Waals surface area (Å²) < 4.78 is 49.2. The fraction of sp³-hybridized carbons (Fsp3) is 0. The summed E-state index contributed by atoms with van der Waals surface area (Å²) >= 11 is 0. The van der Waals surface area contributed by atoms with Gasteiger partial charge in [0.25, 0.3) is 0 Å². The molecule has 20 heavy (non-hydrogen) atoms. The van der Waals surface area contributed by atoms with E-state index < -0.39 is 21.7 Å². The van der Waals surface area contributed by atoms with E-state index in [1.807, 2.05) is 0 Å². The van der Waals surface area contributed by atoms with Gasteiger partial charge in [0.1, 0.15) is 17.3 Å². The van der Waals surface area contributed by atoms with Crippen LogP contribution in [-0.4, -0.2) is 8.42 Å². The molecule has 0 bridgehead atoms. The minimum Gasteiger partial charge on any atom is -0.397 e.